The Hall–Kier alpha value is -0.870. The van der Waals surface area contributed by atoms with Gasteiger partial charge in [-0.2, -0.15) is 13.2 Å². The average Bonchev–Trinajstić information content (AvgIpc) is 2.11. The van der Waals surface area contributed by atoms with Crippen molar-refractivity contribution in [3.05, 3.63) is 0 Å². The van der Waals surface area contributed by atoms with E-state index in [0.717, 1.165) is 6.26 Å². The molecule has 0 unspecified atom stereocenters. The van der Waals surface area contributed by atoms with E-state index in [0.29, 0.717) is 0 Å². The molecule has 0 aliphatic rings. The molecule has 0 saturated heterocycles. The van der Waals surface area contributed by atoms with Gasteiger partial charge in [-0.3, -0.25) is 4.79 Å². The van der Waals surface area contributed by atoms with Gasteiger partial charge in [-0.05, 0) is 0 Å². The fraction of sp³-hybridized carbons (Fsp3) is 0.857. The highest BCUT2D eigenvalue weighted by molar-refractivity contribution is 7.88. The molecule has 0 aliphatic heterocycles. The van der Waals surface area contributed by atoms with Crippen LogP contribution in [0, 0.1) is 0 Å². The lowest BCUT2D eigenvalue weighted by molar-refractivity contribution is -0.137. The van der Waals surface area contributed by atoms with Gasteiger partial charge in [0.1, 0.15) is 6.54 Å². The third kappa shape index (κ3) is 13.1. The molecule has 0 spiro atoms. The fourth-order valence-corrected chi connectivity index (χ4v) is 1.26. The summed E-state index contributed by atoms with van der Waals surface area (Å²) in [6, 6.07) is 0. The van der Waals surface area contributed by atoms with Crippen molar-refractivity contribution in [2.45, 2.75) is 6.18 Å². The summed E-state index contributed by atoms with van der Waals surface area (Å²) in [4.78, 5) is 10.8. The number of carbonyl (C=O) groups is 1. The van der Waals surface area contributed by atoms with E-state index in [1.807, 2.05) is 0 Å². The molecule has 3 N–H and O–H groups in total. The molecule has 0 heterocycles. The summed E-state index contributed by atoms with van der Waals surface area (Å²) in [6.07, 6.45) is -3.46. The van der Waals surface area contributed by atoms with Crippen molar-refractivity contribution >= 4 is 15.9 Å². The second-order valence-corrected chi connectivity index (χ2v) is 5.07. The molecule has 0 aliphatic carbocycles. The number of halogens is 3. The number of sulfonamides is 1. The van der Waals surface area contributed by atoms with Gasteiger partial charge in [-0.15, -0.1) is 0 Å². The zero-order chi connectivity index (χ0) is 13.5. The number of amides is 1. The van der Waals surface area contributed by atoms with Crippen molar-refractivity contribution < 1.29 is 26.4 Å². The highest BCUT2D eigenvalue weighted by Gasteiger charge is 2.27. The van der Waals surface area contributed by atoms with Gasteiger partial charge in [-0.25, -0.2) is 13.1 Å². The number of nitrogens with one attached hydrogen (secondary N) is 3. The highest BCUT2D eigenvalue weighted by Crippen LogP contribution is 2.11. The van der Waals surface area contributed by atoms with Gasteiger partial charge in [0.2, 0.25) is 15.9 Å². The third-order valence-corrected chi connectivity index (χ3v) is 2.17. The van der Waals surface area contributed by atoms with Gasteiger partial charge in [0.25, 0.3) is 0 Å². The predicted octanol–water partition coefficient (Wildman–Crippen LogP) is -1.20. The van der Waals surface area contributed by atoms with E-state index in [4.69, 9.17) is 0 Å². The molecule has 102 valence electrons. The third-order valence-electron chi connectivity index (χ3n) is 1.44. The molecule has 0 saturated carbocycles. The van der Waals surface area contributed by atoms with Crippen molar-refractivity contribution in [1.29, 1.82) is 0 Å². The Morgan fingerprint density at radius 2 is 1.82 bits per heavy atom. The van der Waals surface area contributed by atoms with Crippen molar-refractivity contribution in [1.82, 2.24) is 15.4 Å². The van der Waals surface area contributed by atoms with Gasteiger partial charge in [0.05, 0.1) is 12.8 Å². The Balaban J connectivity index is 3.53. The van der Waals surface area contributed by atoms with E-state index < -0.39 is 28.7 Å². The minimum atomic E-state index is -4.44. The second-order valence-electron chi connectivity index (χ2n) is 3.24. The maximum absolute atomic E-state index is 11.7. The van der Waals surface area contributed by atoms with E-state index >= 15 is 0 Å². The molecule has 0 fully saturated rings. The molecule has 1 amide bonds. The molecule has 0 atom stereocenters. The van der Waals surface area contributed by atoms with Crippen LogP contribution < -0.4 is 15.4 Å². The molecule has 17 heavy (non-hydrogen) atoms. The Bertz CT molecular complexity index is 342. The SMILES string of the molecule is CS(=O)(=O)NCCNCC(=O)NCC(F)(F)F. The molecular weight excluding hydrogens is 263 g/mol. The van der Waals surface area contributed by atoms with E-state index in [1.165, 1.54) is 0 Å². The first-order chi connectivity index (χ1) is 7.60. The van der Waals surface area contributed by atoms with Crippen LogP contribution in [-0.4, -0.2) is 52.9 Å². The smallest absolute Gasteiger partial charge is 0.346 e. The van der Waals surface area contributed by atoms with E-state index in [2.05, 4.69) is 10.0 Å². The van der Waals surface area contributed by atoms with E-state index in [9.17, 15) is 26.4 Å². The number of hydrogen-bond acceptors (Lipinski definition) is 4. The molecule has 0 radical (unpaired) electrons. The first-order valence-corrected chi connectivity index (χ1v) is 6.48. The van der Waals surface area contributed by atoms with Crippen molar-refractivity contribution in [3.8, 4) is 0 Å². The summed E-state index contributed by atoms with van der Waals surface area (Å²) in [5.74, 6) is -0.804. The Morgan fingerprint density at radius 3 is 2.29 bits per heavy atom. The van der Waals surface area contributed by atoms with Crippen LogP contribution in [0.1, 0.15) is 0 Å². The summed E-state index contributed by atoms with van der Waals surface area (Å²) in [5, 5.41) is 4.15. The van der Waals surface area contributed by atoms with Crippen LogP contribution in [0.3, 0.4) is 0 Å². The molecule has 10 heteroatoms. The first kappa shape index (κ1) is 16.1. The Morgan fingerprint density at radius 1 is 1.24 bits per heavy atom. The topological polar surface area (TPSA) is 87.3 Å². The van der Waals surface area contributed by atoms with Crippen LogP contribution in [0.2, 0.25) is 0 Å². The zero-order valence-corrected chi connectivity index (χ0v) is 9.91. The largest absolute Gasteiger partial charge is 0.405 e. The lowest BCUT2D eigenvalue weighted by Crippen LogP contribution is -2.41. The average molecular weight is 277 g/mol. The Kier molecular flexibility index (Phi) is 6.42. The normalized spacial score (nSPS) is 12.5. The molecule has 0 rings (SSSR count). The molecule has 0 aromatic carbocycles. The maximum atomic E-state index is 11.7. The quantitative estimate of drug-likeness (QED) is 0.510. The van der Waals surface area contributed by atoms with E-state index in [-0.39, 0.29) is 19.6 Å². The van der Waals surface area contributed by atoms with Crippen molar-refractivity contribution in [2.75, 3.05) is 32.4 Å². The fourth-order valence-electron chi connectivity index (χ4n) is 0.788. The summed E-state index contributed by atoms with van der Waals surface area (Å²) in [6.45, 7) is -1.48. The predicted molar refractivity (Wildman–Crippen MR) is 54.8 cm³/mol. The van der Waals surface area contributed by atoms with Crippen molar-refractivity contribution in [2.24, 2.45) is 0 Å². The Labute approximate surface area is 97.0 Å². The van der Waals surface area contributed by atoms with Gasteiger partial charge < -0.3 is 10.6 Å². The minimum absolute atomic E-state index is 0.0609. The summed E-state index contributed by atoms with van der Waals surface area (Å²) >= 11 is 0. The van der Waals surface area contributed by atoms with Crippen LogP contribution in [0.15, 0.2) is 0 Å². The first-order valence-electron chi connectivity index (χ1n) is 4.59. The monoisotopic (exact) mass is 277 g/mol. The summed E-state index contributed by atoms with van der Waals surface area (Å²) in [5.41, 5.74) is 0. The lowest BCUT2D eigenvalue weighted by Gasteiger charge is -2.09. The van der Waals surface area contributed by atoms with Gasteiger partial charge in [0.15, 0.2) is 0 Å². The van der Waals surface area contributed by atoms with Crippen LogP contribution in [0.4, 0.5) is 13.2 Å². The maximum Gasteiger partial charge on any atom is 0.405 e. The van der Waals surface area contributed by atoms with Crippen LogP contribution in [-0.2, 0) is 14.8 Å². The number of alkyl halides is 3. The summed E-state index contributed by atoms with van der Waals surface area (Å²) < 4.78 is 58.4. The molecule has 0 aromatic rings. The van der Waals surface area contributed by atoms with Crippen molar-refractivity contribution in [3.63, 3.8) is 0 Å². The summed E-state index contributed by atoms with van der Waals surface area (Å²) in [7, 11) is -3.29. The van der Waals surface area contributed by atoms with Gasteiger partial charge in [-0.1, -0.05) is 0 Å². The van der Waals surface area contributed by atoms with Gasteiger partial charge in [0, 0.05) is 13.1 Å². The number of hydrogen-bond donors (Lipinski definition) is 3. The number of carbonyl (C=O) groups excluding carboxylic acids is 1. The standard InChI is InChI=1S/C7H14F3N3O3S/c1-17(15,16)13-3-2-11-4-6(14)12-5-7(8,9)10/h11,13H,2-5H2,1H3,(H,12,14). The molecule has 6 nitrogen and oxygen atoms in total. The highest BCUT2D eigenvalue weighted by atomic mass is 32.2. The number of rotatable bonds is 7. The second kappa shape index (κ2) is 6.77. The molecule has 0 bridgehead atoms. The minimum Gasteiger partial charge on any atom is -0.346 e. The molecular formula is C7H14F3N3O3S. The van der Waals surface area contributed by atoms with Crippen LogP contribution >= 0.6 is 0 Å². The van der Waals surface area contributed by atoms with Crippen LogP contribution in [0.25, 0.3) is 0 Å². The van der Waals surface area contributed by atoms with Gasteiger partial charge >= 0.3 is 6.18 Å². The van der Waals surface area contributed by atoms with E-state index in [1.54, 1.807) is 5.32 Å². The zero-order valence-electron chi connectivity index (χ0n) is 9.10. The van der Waals surface area contributed by atoms with Crippen LogP contribution in [0.5, 0.6) is 0 Å². The lowest BCUT2D eigenvalue weighted by atomic mass is 10.5. The molecule has 0 aromatic heterocycles.